The highest BCUT2D eigenvalue weighted by atomic mass is 15.1. The van der Waals surface area contributed by atoms with Crippen LogP contribution in [0.15, 0.2) is 176 Å². The van der Waals surface area contributed by atoms with Gasteiger partial charge in [0.15, 0.2) is 17.5 Å². The molecule has 0 N–H and O–H groups in total. The van der Waals surface area contributed by atoms with Crippen molar-refractivity contribution in [1.82, 2.24) is 24.5 Å². The van der Waals surface area contributed by atoms with Crippen LogP contribution < -0.4 is 0 Å². The molecule has 0 radical (unpaired) electrons. The second-order valence-electron chi connectivity index (χ2n) is 12.7. The van der Waals surface area contributed by atoms with Crippen LogP contribution in [0.4, 0.5) is 0 Å². The topological polar surface area (TPSA) is 56.5 Å². The first-order chi connectivity index (χ1) is 25.3. The summed E-state index contributed by atoms with van der Waals surface area (Å²) < 4.78 is 2.32. The average molecular weight is 652 g/mol. The van der Waals surface area contributed by atoms with E-state index >= 15 is 0 Å². The molecule has 0 atom stereocenters. The molecule has 9 aromatic rings. The van der Waals surface area contributed by atoms with E-state index in [9.17, 15) is 0 Å². The van der Waals surface area contributed by atoms with E-state index in [1.165, 1.54) is 27.8 Å². The molecule has 0 unspecified atom stereocenters. The predicted octanol–water partition coefficient (Wildman–Crippen LogP) is 11.2. The summed E-state index contributed by atoms with van der Waals surface area (Å²) in [4.78, 5) is 20.2. The minimum atomic E-state index is 0.618. The Hall–Kier alpha value is -6.98. The number of hydrogen-bond donors (Lipinski definition) is 0. The van der Waals surface area contributed by atoms with Crippen LogP contribution >= 0.6 is 0 Å². The number of imidazole rings is 1. The Bertz CT molecular complexity index is 2710. The fourth-order valence-corrected chi connectivity index (χ4v) is 7.18. The maximum atomic E-state index is 5.23. The Balaban J connectivity index is 1.09. The lowest BCUT2D eigenvalue weighted by Crippen LogP contribution is -2.01. The zero-order chi connectivity index (χ0) is 33.7. The van der Waals surface area contributed by atoms with Crippen LogP contribution in [-0.2, 0) is 0 Å². The molecule has 0 saturated carbocycles. The second-order valence-corrected chi connectivity index (χ2v) is 12.7. The van der Waals surface area contributed by atoms with Gasteiger partial charge in [-0.1, -0.05) is 164 Å². The van der Waals surface area contributed by atoms with Gasteiger partial charge in [0.2, 0.25) is 0 Å². The first-order valence-electron chi connectivity index (χ1n) is 17.1. The van der Waals surface area contributed by atoms with Crippen LogP contribution in [0.3, 0.4) is 0 Å². The normalized spacial score (nSPS) is 11.5. The van der Waals surface area contributed by atoms with Gasteiger partial charge in [-0.3, -0.25) is 4.57 Å². The third-order valence-electron chi connectivity index (χ3n) is 9.65. The van der Waals surface area contributed by atoms with Crippen LogP contribution in [-0.4, -0.2) is 24.5 Å². The smallest absolute Gasteiger partial charge is 0.164 e. The lowest BCUT2D eigenvalue weighted by Gasteiger charge is -2.13. The summed E-state index contributed by atoms with van der Waals surface area (Å²) >= 11 is 0. The zero-order valence-electron chi connectivity index (χ0n) is 27.5. The predicted molar refractivity (Wildman–Crippen MR) is 206 cm³/mol. The summed E-state index contributed by atoms with van der Waals surface area (Å²) in [6.07, 6.45) is 0. The largest absolute Gasteiger partial charge is 0.291 e. The molecule has 5 heteroatoms. The van der Waals surface area contributed by atoms with Crippen LogP contribution in [0.2, 0.25) is 0 Å². The Morgan fingerprint density at radius 1 is 0.294 bits per heavy atom. The van der Waals surface area contributed by atoms with Crippen LogP contribution in [0.1, 0.15) is 0 Å². The maximum absolute atomic E-state index is 5.23. The quantitative estimate of drug-likeness (QED) is 0.186. The lowest BCUT2D eigenvalue weighted by molar-refractivity contribution is 1.07. The molecule has 0 aliphatic carbocycles. The van der Waals surface area contributed by atoms with Gasteiger partial charge in [0, 0.05) is 33.4 Å². The standard InChI is InChI=1S/C46H29N5/c1-3-12-30(13-4-1)31-22-24-33(25-23-31)44-48-43(32-14-5-2-6-15-32)49-45(50-44)34-26-28-35(29-27-34)46-47-40-20-11-19-39-37-17-8-7-16-36(37)38-18-9-10-21-41(38)51(46)42(39)40/h1-29H. The van der Waals surface area contributed by atoms with E-state index in [2.05, 4.69) is 144 Å². The highest BCUT2D eigenvalue weighted by Crippen LogP contribution is 2.45. The number of rotatable bonds is 5. The third kappa shape index (κ3) is 4.94. The van der Waals surface area contributed by atoms with Crippen molar-refractivity contribution in [2.75, 3.05) is 0 Å². The number of fused-ring (bicyclic) bond motifs is 5. The van der Waals surface area contributed by atoms with Crippen molar-refractivity contribution in [3.63, 3.8) is 0 Å². The molecule has 5 nitrogen and oxygen atoms in total. The summed E-state index contributed by atoms with van der Waals surface area (Å²) in [5, 5.41) is 0. The third-order valence-corrected chi connectivity index (χ3v) is 9.65. The van der Waals surface area contributed by atoms with Gasteiger partial charge in [-0.25, -0.2) is 19.9 Å². The number of para-hydroxylation sites is 2. The van der Waals surface area contributed by atoms with Gasteiger partial charge in [-0.2, -0.15) is 0 Å². The van der Waals surface area contributed by atoms with Crippen molar-refractivity contribution >= 4 is 11.0 Å². The molecule has 0 saturated heterocycles. The molecule has 1 aliphatic rings. The van der Waals surface area contributed by atoms with Gasteiger partial charge >= 0.3 is 0 Å². The molecule has 10 rings (SSSR count). The van der Waals surface area contributed by atoms with Crippen molar-refractivity contribution in [3.05, 3.63) is 176 Å². The Kier molecular flexibility index (Phi) is 6.74. The van der Waals surface area contributed by atoms with E-state index in [4.69, 9.17) is 19.9 Å². The lowest BCUT2D eigenvalue weighted by atomic mass is 9.94. The molecule has 3 heterocycles. The van der Waals surface area contributed by atoms with Gasteiger partial charge < -0.3 is 0 Å². The van der Waals surface area contributed by atoms with Gasteiger partial charge in [-0.15, -0.1) is 0 Å². The zero-order valence-corrected chi connectivity index (χ0v) is 27.5. The molecule has 2 aromatic heterocycles. The summed E-state index contributed by atoms with van der Waals surface area (Å²) in [6.45, 7) is 0. The molecule has 0 fully saturated rings. The molecule has 0 bridgehead atoms. The van der Waals surface area contributed by atoms with Crippen molar-refractivity contribution in [1.29, 1.82) is 0 Å². The van der Waals surface area contributed by atoms with Crippen LogP contribution in [0.25, 0.3) is 95.7 Å². The van der Waals surface area contributed by atoms with Crippen molar-refractivity contribution in [2.24, 2.45) is 0 Å². The molecular formula is C46H29N5. The molecule has 1 aliphatic heterocycles. The fraction of sp³-hybridized carbons (Fsp3) is 0. The van der Waals surface area contributed by atoms with Gasteiger partial charge in [0.05, 0.1) is 16.7 Å². The Morgan fingerprint density at radius 2 is 0.725 bits per heavy atom. The minimum Gasteiger partial charge on any atom is -0.291 e. The van der Waals surface area contributed by atoms with E-state index in [-0.39, 0.29) is 0 Å². The molecule has 238 valence electrons. The fourth-order valence-electron chi connectivity index (χ4n) is 7.18. The van der Waals surface area contributed by atoms with E-state index in [0.717, 1.165) is 50.4 Å². The van der Waals surface area contributed by atoms with Gasteiger partial charge in [-0.05, 0) is 34.4 Å². The number of aromatic nitrogens is 5. The van der Waals surface area contributed by atoms with E-state index in [1.54, 1.807) is 0 Å². The molecule has 0 amide bonds. The van der Waals surface area contributed by atoms with E-state index in [0.29, 0.717) is 17.5 Å². The highest BCUT2D eigenvalue weighted by molar-refractivity contribution is 6.03. The molecule has 51 heavy (non-hydrogen) atoms. The van der Waals surface area contributed by atoms with Crippen LogP contribution in [0, 0.1) is 0 Å². The monoisotopic (exact) mass is 651 g/mol. The Labute approximate surface area is 295 Å². The first-order valence-corrected chi connectivity index (χ1v) is 17.1. The SMILES string of the molecule is c1ccc(-c2ccc(-c3nc(-c4ccccc4)nc(-c4ccc(-c5nc6cccc7c6n5-c5ccccc5-c5ccccc5-7)cc4)n3)cc2)cc1. The van der Waals surface area contributed by atoms with Crippen molar-refractivity contribution in [3.8, 4) is 84.6 Å². The van der Waals surface area contributed by atoms with Crippen molar-refractivity contribution < 1.29 is 0 Å². The summed E-state index contributed by atoms with van der Waals surface area (Å²) in [6, 6.07) is 61.0. The number of benzene rings is 7. The summed E-state index contributed by atoms with van der Waals surface area (Å²) in [5.41, 5.74) is 14.1. The number of hydrogen-bond acceptors (Lipinski definition) is 4. The van der Waals surface area contributed by atoms with E-state index < -0.39 is 0 Å². The van der Waals surface area contributed by atoms with Crippen molar-refractivity contribution in [2.45, 2.75) is 0 Å². The summed E-state index contributed by atoms with van der Waals surface area (Å²) in [5.74, 6) is 2.78. The second kappa shape index (κ2) is 11.9. The minimum absolute atomic E-state index is 0.618. The summed E-state index contributed by atoms with van der Waals surface area (Å²) in [7, 11) is 0. The van der Waals surface area contributed by atoms with E-state index in [1.807, 2.05) is 36.4 Å². The Morgan fingerprint density at radius 3 is 1.35 bits per heavy atom. The highest BCUT2D eigenvalue weighted by Gasteiger charge is 2.25. The molecule has 0 spiro atoms. The first kappa shape index (κ1) is 29.0. The van der Waals surface area contributed by atoms with Gasteiger partial charge in [0.1, 0.15) is 5.82 Å². The molecular weight excluding hydrogens is 623 g/mol. The van der Waals surface area contributed by atoms with Crippen LogP contribution in [0.5, 0.6) is 0 Å². The molecule has 7 aromatic carbocycles. The number of nitrogens with zero attached hydrogens (tertiary/aromatic N) is 5. The average Bonchev–Trinajstić information content (AvgIpc) is 3.56. The van der Waals surface area contributed by atoms with Gasteiger partial charge in [0.25, 0.3) is 0 Å². The maximum Gasteiger partial charge on any atom is 0.164 e.